The highest BCUT2D eigenvalue weighted by Gasteiger charge is 2.12. The maximum atomic E-state index is 12.5. The maximum absolute atomic E-state index is 12.5. The van der Waals surface area contributed by atoms with E-state index in [0.717, 1.165) is 16.8 Å². The standard InChI is InChI=1S/C28H27N3O4/c1-3-34-26-16-22(15-23(17-29)28(33)30-18-21-10-5-4-6-11-21)13-14-25(26)35-19-27(32)31-24-12-8-7-9-20(24)2/h4-16H,3,18-19H2,1-2H3,(H,30,33)(H,31,32)/b23-15+. The zero-order valence-electron chi connectivity index (χ0n) is 19.7. The number of hydrogen-bond donors (Lipinski definition) is 2. The molecule has 7 heteroatoms. The van der Waals surface area contributed by atoms with Crippen molar-refractivity contribution in [2.45, 2.75) is 20.4 Å². The molecule has 178 valence electrons. The summed E-state index contributed by atoms with van der Waals surface area (Å²) in [7, 11) is 0. The molecule has 0 radical (unpaired) electrons. The molecule has 0 bridgehead atoms. The van der Waals surface area contributed by atoms with E-state index < -0.39 is 5.91 Å². The number of ether oxygens (including phenoxy) is 2. The Kier molecular flexibility index (Phi) is 9.03. The van der Waals surface area contributed by atoms with E-state index in [0.29, 0.717) is 30.2 Å². The van der Waals surface area contributed by atoms with Crippen LogP contribution in [0.4, 0.5) is 5.69 Å². The van der Waals surface area contributed by atoms with Gasteiger partial charge >= 0.3 is 0 Å². The molecule has 0 aliphatic rings. The molecule has 0 aliphatic carbocycles. The number of hydrogen-bond acceptors (Lipinski definition) is 5. The van der Waals surface area contributed by atoms with E-state index in [1.165, 1.54) is 6.08 Å². The summed E-state index contributed by atoms with van der Waals surface area (Å²) in [5.41, 5.74) is 3.17. The Hall–Kier alpha value is -4.57. The average Bonchev–Trinajstić information content (AvgIpc) is 2.87. The largest absolute Gasteiger partial charge is 0.490 e. The van der Waals surface area contributed by atoms with Gasteiger partial charge in [-0.3, -0.25) is 9.59 Å². The lowest BCUT2D eigenvalue weighted by molar-refractivity contribution is -0.118. The number of carbonyl (C=O) groups excluding carboxylic acids is 2. The van der Waals surface area contributed by atoms with Crippen LogP contribution in [0.3, 0.4) is 0 Å². The zero-order chi connectivity index (χ0) is 25.0. The molecule has 0 fully saturated rings. The first kappa shape index (κ1) is 25.1. The summed E-state index contributed by atoms with van der Waals surface area (Å²) in [6, 6.07) is 23.9. The highest BCUT2D eigenvalue weighted by atomic mass is 16.5. The van der Waals surface area contributed by atoms with Crippen molar-refractivity contribution in [2.75, 3.05) is 18.5 Å². The van der Waals surface area contributed by atoms with Gasteiger partial charge in [-0.1, -0.05) is 54.6 Å². The van der Waals surface area contributed by atoms with Crippen molar-refractivity contribution in [3.05, 3.63) is 95.1 Å². The lowest BCUT2D eigenvalue weighted by Crippen LogP contribution is -2.23. The van der Waals surface area contributed by atoms with E-state index in [2.05, 4.69) is 10.6 Å². The minimum Gasteiger partial charge on any atom is -0.490 e. The number of carbonyl (C=O) groups is 2. The van der Waals surface area contributed by atoms with Gasteiger partial charge in [0, 0.05) is 12.2 Å². The molecule has 0 spiro atoms. The summed E-state index contributed by atoms with van der Waals surface area (Å²) in [5.74, 6) is 0.0259. The van der Waals surface area contributed by atoms with Crippen molar-refractivity contribution in [3.63, 3.8) is 0 Å². The summed E-state index contributed by atoms with van der Waals surface area (Å²) in [6.45, 7) is 4.24. The van der Waals surface area contributed by atoms with Gasteiger partial charge < -0.3 is 20.1 Å². The van der Waals surface area contributed by atoms with E-state index in [9.17, 15) is 14.9 Å². The van der Waals surface area contributed by atoms with Gasteiger partial charge in [-0.2, -0.15) is 5.26 Å². The van der Waals surface area contributed by atoms with Gasteiger partial charge in [0.2, 0.25) is 0 Å². The Labute approximate surface area is 205 Å². The second-order valence-electron chi connectivity index (χ2n) is 7.63. The molecular formula is C28H27N3O4. The average molecular weight is 470 g/mol. The molecule has 3 rings (SSSR count). The molecule has 0 heterocycles. The number of benzene rings is 3. The molecule has 2 amide bonds. The molecule has 0 aliphatic heterocycles. The molecule has 3 aromatic carbocycles. The fourth-order valence-electron chi connectivity index (χ4n) is 3.23. The fourth-order valence-corrected chi connectivity index (χ4v) is 3.23. The van der Waals surface area contributed by atoms with Crippen LogP contribution in [0.25, 0.3) is 6.08 Å². The molecular weight excluding hydrogens is 442 g/mol. The van der Waals surface area contributed by atoms with E-state index in [1.807, 2.05) is 74.5 Å². The third-order valence-corrected chi connectivity index (χ3v) is 5.02. The van der Waals surface area contributed by atoms with Crippen LogP contribution in [0, 0.1) is 18.3 Å². The molecule has 2 N–H and O–H groups in total. The highest BCUT2D eigenvalue weighted by molar-refractivity contribution is 6.01. The van der Waals surface area contributed by atoms with Gasteiger partial charge in [0.1, 0.15) is 11.6 Å². The highest BCUT2D eigenvalue weighted by Crippen LogP contribution is 2.29. The molecule has 0 saturated heterocycles. The lowest BCUT2D eigenvalue weighted by Gasteiger charge is -2.13. The lowest BCUT2D eigenvalue weighted by atomic mass is 10.1. The van der Waals surface area contributed by atoms with Crippen LogP contribution in [0.1, 0.15) is 23.6 Å². The van der Waals surface area contributed by atoms with Crippen LogP contribution in [0.2, 0.25) is 0 Å². The Morgan fingerprint density at radius 2 is 1.71 bits per heavy atom. The van der Waals surface area contributed by atoms with Crippen LogP contribution in [0.15, 0.2) is 78.4 Å². The van der Waals surface area contributed by atoms with Crippen molar-refractivity contribution in [2.24, 2.45) is 0 Å². The molecule has 0 aromatic heterocycles. The van der Waals surface area contributed by atoms with Crippen LogP contribution in [0.5, 0.6) is 11.5 Å². The van der Waals surface area contributed by atoms with Gasteiger partial charge in [-0.05, 0) is 54.8 Å². The van der Waals surface area contributed by atoms with E-state index in [-0.39, 0.29) is 18.1 Å². The topological polar surface area (TPSA) is 100 Å². The Balaban J connectivity index is 1.67. The monoisotopic (exact) mass is 469 g/mol. The Morgan fingerprint density at radius 3 is 2.43 bits per heavy atom. The first-order valence-electron chi connectivity index (χ1n) is 11.2. The number of nitrogens with zero attached hydrogens (tertiary/aromatic N) is 1. The number of para-hydroxylation sites is 1. The van der Waals surface area contributed by atoms with Gasteiger partial charge in [-0.25, -0.2) is 0 Å². The molecule has 0 unspecified atom stereocenters. The SMILES string of the molecule is CCOc1cc(/C=C(\C#N)C(=O)NCc2ccccc2)ccc1OCC(=O)Nc1ccccc1C. The fraction of sp³-hybridized carbons (Fsp3) is 0.179. The van der Waals surface area contributed by atoms with Gasteiger partial charge in [0.15, 0.2) is 18.1 Å². The van der Waals surface area contributed by atoms with Gasteiger partial charge in [0.05, 0.1) is 6.61 Å². The third-order valence-electron chi connectivity index (χ3n) is 5.02. The molecule has 0 atom stereocenters. The normalized spacial score (nSPS) is 10.7. The number of rotatable bonds is 10. The molecule has 3 aromatic rings. The van der Waals surface area contributed by atoms with Crippen molar-refractivity contribution in [3.8, 4) is 17.6 Å². The van der Waals surface area contributed by atoms with Crippen LogP contribution < -0.4 is 20.1 Å². The Bertz CT molecular complexity index is 1250. The number of amides is 2. The second kappa shape index (κ2) is 12.6. The second-order valence-corrected chi connectivity index (χ2v) is 7.63. The summed E-state index contributed by atoms with van der Waals surface area (Å²) >= 11 is 0. The van der Waals surface area contributed by atoms with Crippen LogP contribution in [-0.4, -0.2) is 25.0 Å². The zero-order valence-corrected chi connectivity index (χ0v) is 19.7. The summed E-state index contributed by atoms with van der Waals surface area (Å²) in [4.78, 5) is 24.8. The van der Waals surface area contributed by atoms with Crippen molar-refractivity contribution in [1.29, 1.82) is 5.26 Å². The quantitative estimate of drug-likeness (QED) is 0.333. The maximum Gasteiger partial charge on any atom is 0.262 e. The summed E-state index contributed by atoms with van der Waals surface area (Å²) in [6.07, 6.45) is 1.48. The van der Waals surface area contributed by atoms with Crippen molar-refractivity contribution < 1.29 is 19.1 Å². The Morgan fingerprint density at radius 1 is 0.971 bits per heavy atom. The van der Waals surface area contributed by atoms with Crippen molar-refractivity contribution in [1.82, 2.24) is 5.32 Å². The van der Waals surface area contributed by atoms with Gasteiger partial charge in [-0.15, -0.1) is 0 Å². The van der Waals surface area contributed by atoms with Crippen molar-refractivity contribution >= 4 is 23.6 Å². The minimum atomic E-state index is -0.470. The predicted octanol–water partition coefficient (Wildman–Crippen LogP) is 4.63. The van der Waals surface area contributed by atoms with Crippen LogP contribution in [-0.2, 0) is 16.1 Å². The number of nitriles is 1. The van der Waals surface area contributed by atoms with E-state index in [1.54, 1.807) is 18.2 Å². The summed E-state index contributed by atoms with van der Waals surface area (Å²) < 4.78 is 11.3. The molecule has 0 saturated carbocycles. The minimum absolute atomic E-state index is 0.0327. The van der Waals surface area contributed by atoms with Gasteiger partial charge in [0.25, 0.3) is 11.8 Å². The molecule has 7 nitrogen and oxygen atoms in total. The summed E-state index contributed by atoms with van der Waals surface area (Å²) in [5, 5.41) is 15.1. The third kappa shape index (κ3) is 7.47. The van der Waals surface area contributed by atoms with Crippen LogP contribution >= 0.6 is 0 Å². The van der Waals surface area contributed by atoms with E-state index >= 15 is 0 Å². The number of aryl methyl sites for hydroxylation is 1. The van der Waals surface area contributed by atoms with E-state index in [4.69, 9.17) is 9.47 Å². The number of nitrogens with one attached hydrogen (secondary N) is 2. The predicted molar refractivity (Wildman–Crippen MR) is 135 cm³/mol. The first-order valence-corrected chi connectivity index (χ1v) is 11.2. The first-order chi connectivity index (χ1) is 17.0. The number of anilines is 1. The molecule has 35 heavy (non-hydrogen) atoms. The smallest absolute Gasteiger partial charge is 0.262 e.